The monoisotopic (exact) mass is 411 g/mol. The molecule has 0 saturated carbocycles. The number of aryl methyl sites for hydroxylation is 1. The summed E-state index contributed by atoms with van der Waals surface area (Å²) in [5, 5.41) is 3.80. The number of carbonyl (C=O) groups excluding carboxylic acids is 1. The third-order valence-electron chi connectivity index (χ3n) is 4.43. The van der Waals surface area contributed by atoms with Crippen molar-refractivity contribution in [3.8, 4) is 11.5 Å². The maximum atomic E-state index is 13.1. The Bertz CT molecular complexity index is 1010. The second kappa shape index (κ2) is 8.57. The van der Waals surface area contributed by atoms with Gasteiger partial charge in [-0.25, -0.2) is 0 Å². The fraction of sp³-hybridized carbons (Fsp3) is 0.286. The van der Waals surface area contributed by atoms with Gasteiger partial charge in [0.1, 0.15) is 6.61 Å². The van der Waals surface area contributed by atoms with Crippen LogP contribution in [0.2, 0.25) is 0 Å². The van der Waals surface area contributed by atoms with Crippen molar-refractivity contribution in [1.82, 2.24) is 15.0 Å². The van der Waals surface area contributed by atoms with Crippen molar-refractivity contribution in [2.24, 2.45) is 0 Å². The van der Waals surface area contributed by atoms with E-state index in [2.05, 4.69) is 10.1 Å². The number of likely N-dealkylation sites (N-methyl/N-ethyl adjacent to an activating group) is 1. The molecule has 0 saturated heterocycles. The minimum absolute atomic E-state index is 0.0720. The molecule has 2 aromatic carbocycles. The molecule has 1 amide bonds. The maximum absolute atomic E-state index is 13.1. The fourth-order valence-electron chi connectivity index (χ4n) is 3.05. The van der Waals surface area contributed by atoms with E-state index < -0.39 is 0 Å². The van der Waals surface area contributed by atoms with Crippen molar-refractivity contribution in [3.63, 3.8) is 0 Å². The van der Waals surface area contributed by atoms with Crippen molar-refractivity contribution in [3.05, 3.63) is 65.8 Å². The summed E-state index contributed by atoms with van der Waals surface area (Å²) in [7, 11) is 1.77. The van der Waals surface area contributed by atoms with E-state index in [0.29, 0.717) is 41.9 Å². The lowest BCUT2D eigenvalue weighted by atomic mass is 10.2. The molecule has 0 N–H and O–H groups in total. The van der Waals surface area contributed by atoms with Gasteiger partial charge in [0.05, 0.1) is 17.9 Å². The van der Waals surface area contributed by atoms with Gasteiger partial charge < -0.3 is 18.9 Å². The number of benzene rings is 2. The highest BCUT2D eigenvalue weighted by Gasteiger charge is 2.25. The minimum atomic E-state index is -0.222. The number of rotatable bonds is 6. The third kappa shape index (κ3) is 4.54. The van der Waals surface area contributed by atoms with Crippen LogP contribution in [0, 0.1) is 6.92 Å². The molecule has 0 aliphatic carbocycles. The summed E-state index contributed by atoms with van der Waals surface area (Å²) in [5.74, 6) is 3.00. The summed E-state index contributed by atoms with van der Waals surface area (Å²) >= 11 is 1.50. The minimum Gasteiger partial charge on any atom is -0.486 e. The van der Waals surface area contributed by atoms with Crippen LogP contribution in [0.25, 0.3) is 0 Å². The largest absolute Gasteiger partial charge is 0.486 e. The number of thioether (sulfide) groups is 1. The van der Waals surface area contributed by atoms with Crippen molar-refractivity contribution in [2.45, 2.75) is 23.7 Å². The van der Waals surface area contributed by atoms with E-state index in [1.807, 2.05) is 48.5 Å². The summed E-state index contributed by atoms with van der Waals surface area (Å²) < 4.78 is 16.9. The topological polar surface area (TPSA) is 77.7 Å². The zero-order valence-corrected chi connectivity index (χ0v) is 17.0. The molecule has 0 spiro atoms. The molecular weight excluding hydrogens is 390 g/mol. The Morgan fingerprint density at radius 1 is 1.17 bits per heavy atom. The second-order valence-corrected chi connectivity index (χ2v) is 7.72. The van der Waals surface area contributed by atoms with E-state index >= 15 is 0 Å². The van der Waals surface area contributed by atoms with Crippen molar-refractivity contribution < 1.29 is 18.8 Å². The van der Waals surface area contributed by atoms with Crippen LogP contribution in [-0.4, -0.2) is 47.3 Å². The number of amides is 1. The van der Waals surface area contributed by atoms with Crippen LogP contribution >= 0.6 is 11.8 Å². The van der Waals surface area contributed by atoms with Crippen molar-refractivity contribution in [2.75, 3.05) is 20.2 Å². The standard InChI is InChI=1S/C21H21N3O4S/c1-14-22-20(28-23-14)13-29-19-10-6-3-7-16(19)21(25)24(2)11-15-12-26-17-8-4-5-9-18(17)27-15/h3-10,15H,11-13H2,1-2H3/t15-/m1/s1. The molecule has 1 aliphatic heterocycles. The summed E-state index contributed by atoms with van der Waals surface area (Å²) in [5.41, 5.74) is 0.633. The molecule has 3 aromatic rings. The van der Waals surface area contributed by atoms with E-state index in [-0.39, 0.29) is 12.0 Å². The number of carbonyl (C=O) groups is 1. The number of ether oxygens (including phenoxy) is 2. The van der Waals surface area contributed by atoms with Gasteiger partial charge in [0.15, 0.2) is 23.4 Å². The fourth-order valence-corrected chi connectivity index (χ4v) is 3.94. The average Bonchev–Trinajstić information content (AvgIpc) is 3.17. The Kier molecular flexibility index (Phi) is 5.71. The Balaban J connectivity index is 1.41. The molecule has 1 aromatic heterocycles. The van der Waals surface area contributed by atoms with Crippen LogP contribution in [0.4, 0.5) is 0 Å². The van der Waals surface area contributed by atoms with Crippen LogP contribution in [0.1, 0.15) is 22.1 Å². The summed E-state index contributed by atoms with van der Waals surface area (Å²) in [4.78, 5) is 19.8. The van der Waals surface area contributed by atoms with E-state index in [1.54, 1.807) is 18.9 Å². The first-order valence-corrected chi connectivity index (χ1v) is 10.2. The first kappa shape index (κ1) is 19.3. The third-order valence-corrected chi connectivity index (χ3v) is 5.49. The highest BCUT2D eigenvalue weighted by Crippen LogP contribution is 2.31. The Hall–Kier alpha value is -3.00. The first-order chi connectivity index (χ1) is 14.1. The molecule has 29 heavy (non-hydrogen) atoms. The van der Waals surface area contributed by atoms with Crippen LogP contribution in [0.15, 0.2) is 57.9 Å². The zero-order chi connectivity index (χ0) is 20.2. The molecule has 8 heteroatoms. The van der Waals surface area contributed by atoms with E-state index in [4.69, 9.17) is 14.0 Å². The molecule has 4 rings (SSSR count). The summed E-state index contributed by atoms with van der Waals surface area (Å²) in [6.45, 7) is 2.61. The summed E-state index contributed by atoms with van der Waals surface area (Å²) in [6, 6.07) is 15.1. The lowest BCUT2D eigenvalue weighted by Gasteiger charge is -2.29. The lowest BCUT2D eigenvalue weighted by Crippen LogP contribution is -2.41. The highest BCUT2D eigenvalue weighted by molar-refractivity contribution is 7.98. The second-order valence-electron chi connectivity index (χ2n) is 6.70. The average molecular weight is 411 g/mol. The molecule has 7 nitrogen and oxygen atoms in total. The quantitative estimate of drug-likeness (QED) is 0.574. The number of hydrogen-bond acceptors (Lipinski definition) is 7. The number of nitrogens with zero attached hydrogens (tertiary/aromatic N) is 3. The zero-order valence-electron chi connectivity index (χ0n) is 16.2. The lowest BCUT2D eigenvalue weighted by molar-refractivity contribution is 0.0519. The highest BCUT2D eigenvalue weighted by atomic mass is 32.2. The van der Waals surface area contributed by atoms with E-state index in [9.17, 15) is 4.79 Å². The van der Waals surface area contributed by atoms with Crippen molar-refractivity contribution >= 4 is 17.7 Å². The molecule has 1 aliphatic rings. The molecule has 0 bridgehead atoms. The van der Waals surface area contributed by atoms with Gasteiger partial charge in [-0.05, 0) is 31.2 Å². The van der Waals surface area contributed by atoms with Gasteiger partial charge in [0.25, 0.3) is 5.91 Å². The van der Waals surface area contributed by atoms with Crippen LogP contribution in [-0.2, 0) is 5.75 Å². The molecule has 0 radical (unpaired) electrons. The van der Waals surface area contributed by atoms with Gasteiger partial charge in [0, 0.05) is 11.9 Å². The molecule has 150 valence electrons. The summed E-state index contributed by atoms with van der Waals surface area (Å²) in [6.07, 6.45) is -0.222. The SMILES string of the molecule is Cc1noc(CSc2ccccc2C(=O)N(C)C[C@@H]2COc3ccccc3O2)n1. The predicted molar refractivity (Wildman–Crippen MR) is 108 cm³/mol. The smallest absolute Gasteiger partial charge is 0.254 e. The molecular formula is C21H21N3O4S. The maximum Gasteiger partial charge on any atom is 0.254 e. The predicted octanol–water partition coefficient (Wildman–Crippen LogP) is 3.58. The van der Waals surface area contributed by atoms with Gasteiger partial charge in [-0.3, -0.25) is 4.79 Å². The van der Waals surface area contributed by atoms with Gasteiger partial charge in [-0.15, -0.1) is 11.8 Å². The van der Waals surface area contributed by atoms with Gasteiger partial charge in [-0.1, -0.05) is 29.4 Å². The van der Waals surface area contributed by atoms with Crippen LogP contribution in [0.5, 0.6) is 11.5 Å². The molecule has 0 fully saturated rings. The van der Waals surface area contributed by atoms with Crippen molar-refractivity contribution in [1.29, 1.82) is 0 Å². The van der Waals surface area contributed by atoms with Crippen LogP contribution < -0.4 is 9.47 Å². The van der Waals surface area contributed by atoms with E-state index in [0.717, 1.165) is 10.6 Å². The van der Waals surface area contributed by atoms with Gasteiger partial charge in [0.2, 0.25) is 5.89 Å². The molecule has 0 unspecified atom stereocenters. The number of aromatic nitrogens is 2. The van der Waals surface area contributed by atoms with Gasteiger partial charge in [-0.2, -0.15) is 4.98 Å². The number of fused-ring (bicyclic) bond motifs is 1. The normalized spacial score (nSPS) is 15.2. The number of para-hydroxylation sites is 2. The molecule has 1 atom stereocenters. The first-order valence-electron chi connectivity index (χ1n) is 9.25. The van der Waals surface area contributed by atoms with E-state index in [1.165, 1.54) is 11.8 Å². The van der Waals surface area contributed by atoms with Crippen LogP contribution in [0.3, 0.4) is 0 Å². The Morgan fingerprint density at radius 3 is 2.72 bits per heavy atom. The molecule has 2 heterocycles. The Morgan fingerprint density at radius 2 is 1.93 bits per heavy atom. The number of hydrogen-bond donors (Lipinski definition) is 0. The van der Waals surface area contributed by atoms with Gasteiger partial charge >= 0.3 is 0 Å². The Labute approximate surface area is 173 Å².